The van der Waals surface area contributed by atoms with Gasteiger partial charge in [-0.15, -0.1) is 0 Å². The lowest BCUT2D eigenvalue weighted by Gasteiger charge is -2.18. The van der Waals surface area contributed by atoms with Crippen LogP contribution in [0.15, 0.2) is 52.9 Å². The largest absolute Gasteiger partial charge is 0.469 e. The molecule has 7 nitrogen and oxygen atoms in total. The van der Waals surface area contributed by atoms with Crippen LogP contribution < -0.4 is 5.32 Å². The number of sulfone groups is 1. The second kappa shape index (κ2) is 8.71. The predicted molar refractivity (Wildman–Crippen MR) is 113 cm³/mol. The minimum atomic E-state index is -3.42. The zero-order valence-corrected chi connectivity index (χ0v) is 17.8. The van der Waals surface area contributed by atoms with Crippen molar-refractivity contribution in [2.75, 3.05) is 13.4 Å². The summed E-state index contributed by atoms with van der Waals surface area (Å²) >= 11 is 0. The molecule has 1 aromatic heterocycles. The zero-order chi connectivity index (χ0) is 21.9. The molecule has 0 aliphatic rings. The summed E-state index contributed by atoms with van der Waals surface area (Å²) in [7, 11) is -2.14. The second-order valence-corrected chi connectivity index (χ2v) is 9.33. The van der Waals surface area contributed by atoms with Crippen molar-refractivity contribution in [3.8, 4) is 0 Å². The Labute approximate surface area is 174 Å². The molecule has 0 saturated carbocycles. The van der Waals surface area contributed by atoms with E-state index >= 15 is 0 Å². The third-order valence-electron chi connectivity index (χ3n) is 4.69. The van der Waals surface area contributed by atoms with Gasteiger partial charge >= 0.3 is 5.97 Å². The molecule has 0 aliphatic carbocycles. The monoisotopic (exact) mass is 429 g/mol. The molecule has 1 atom stereocenters. The molecule has 158 valence electrons. The number of aryl methyl sites for hydroxylation is 1. The van der Waals surface area contributed by atoms with Crippen LogP contribution >= 0.6 is 0 Å². The highest BCUT2D eigenvalue weighted by Crippen LogP contribution is 2.28. The van der Waals surface area contributed by atoms with Gasteiger partial charge in [0.2, 0.25) is 0 Å². The normalized spacial score (nSPS) is 12.5. The van der Waals surface area contributed by atoms with E-state index in [1.165, 1.54) is 7.11 Å². The molecule has 1 heterocycles. The molecule has 0 bridgehead atoms. The lowest BCUT2D eigenvalue weighted by atomic mass is 10.0. The Morgan fingerprint density at radius 2 is 1.77 bits per heavy atom. The number of nitrogens with one attached hydrogen (secondary N) is 1. The van der Waals surface area contributed by atoms with Gasteiger partial charge in [-0.05, 0) is 18.6 Å². The molecule has 1 unspecified atom stereocenters. The maximum Gasteiger partial charge on any atom is 0.307 e. The highest BCUT2D eigenvalue weighted by molar-refractivity contribution is 7.89. The molecule has 0 radical (unpaired) electrons. The molecule has 0 saturated heterocycles. The van der Waals surface area contributed by atoms with Gasteiger partial charge in [-0.2, -0.15) is 0 Å². The number of benzene rings is 2. The number of hydrogen-bond acceptors (Lipinski definition) is 6. The van der Waals surface area contributed by atoms with E-state index < -0.39 is 27.8 Å². The van der Waals surface area contributed by atoms with Crippen LogP contribution in [0.25, 0.3) is 11.0 Å². The number of ether oxygens (including phenoxy) is 1. The number of fused-ring (bicyclic) bond motifs is 1. The Balaban J connectivity index is 1.99. The number of methoxy groups -OCH3 is 1. The van der Waals surface area contributed by atoms with Crippen LogP contribution in [0.5, 0.6) is 0 Å². The van der Waals surface area contributed by atoms with Crippen LogP contribution in [0.1, 0.15) is 39.7 Å². The number of carbonyl (C=O) groups excluding carboxylic acids is 2. The number of hydrogen-bond donors (Lipinski definition) is 1. The molecule has 8 heteroatoms. The quantitative estimate of drug-likeness (QED) is 0.578. The second-order valence-electron chi connectivity index (χ2n) is 7.19. The first-order valence-corrected chi connectivity index (χ1v) is 11.4. The van der Waals surface area contributed by atoms with Gasteiger partial charge in [-0.1, -0.05) is 48.0 Å². The van der Waals surface area contributed by atoms with E-state index in [0.29, 0.717) is 16.5 Å². The van der Waals surface area contributed by atoms with Crippen LogP contribution in [-0.4, -0.2) is 33.7 Å². The van der Waals surface area contributed by atoms with Gasteiger partial charge in [-0.25, -0.2) is 8.42 Å². The van der Waals surface area contributed by atoms with Crippen molar-refractivity contribution in [3.63, 3.8) is 0 Å². The highest BCUT2D eigenvalue weighted by Gasteiger charge is 2.26. The molecule has 0 fully saturated rings. The van der Waals surface area contributed by atoms with Crippen LogP contribution in [-0.2, 0) is 25.1 Å². The van der Waals surface area contributed by atoms with Crippen LogP contribution in [0.3, 0.4) is 0 Å². The van der Waals surface area contributed by atoms with Gasteiger partial charge < -0.3 is 14.5 Å². The maximum absolute atomic E-state index is 13.1. The SMILES string of the molecule is COC(=O)CC(NC(=O)c1oc2ccccc2c1CS(C)(=O)=O)c1ccc(C)cc1. The van der Waals surface area contributed by atoms with E-state index in [1.807, 2.05) is 31.2 Å². The van der Waals surface area contributed by atoms with Crippen molar-refractivity contribution in [1.82, 2.24) is 5.32 Å². The summed E-state index contributed by atoms with van der Waals surface area (Å²) in [5.41, 5.74) is 2.47. The van der Waals surface area contributed by atoms with Crippen molar-refractivity contribution < 1.29 is 27.2 Å². The van der Waals surface area contributed by atoms with Gasteiger partial charge in [0.15, 0.2) is 15.6 Å². The van der Waals surface area contributed by atoms with Crippen LogP contribution in [0, 0.1) is 6.92 Å². The third-order valence-corrected chi connectivity index (χ3v) is 5.51. The lowest BCUT2D eigenvalue weighted by molar-refractivity contribution is -0.141. The Morgan fingerprint density at radius 1 is 1.10 bits per heavy atom. The van der Waals surface area contributed by atoms with E-state index in [9.17, 15) is 18.0 Å². The fourth-order valence-electron chi connectivity index (χ4n) is 3.21. The molecular formula is C22H23NO6S. The number of furan rings is 1. The van der Waals surface area contributed by atoms with Gasteiger partial charge in [0.1, 0.15) is 5.58 Å². The standard InChI is InChI=1S/C22H23NO6S/c1-14-8-10-15(11-9-14)18(12-20(24)28-2)23-22(25)21-17(13-30(3,26)27)16-6-4-5-7-19(16)29-21/h4-11,18H,12-13H2,1-3H3,(H,23,25). The number of amides is 1. The molecule has 1 N–H and O–H groups in total. The summed E-state index contributed by atoms with van der Waals surface area (Å²) in [6.45, 7) is 1.93. The molecule has 30 heavy (non-hydrogen) atoms. The fourth-order valence-corrected chi connectivity index (χ4v) is 4.02. The zero-order valence-electron chi connectivity index (χ0n) is 17.0. The summed E-state index contributed by atoms with van der Waals surface area (Å²) in [6.07, 6.45) is 1.02. The first-order chi connectivity index (χ1) is 14.2. The smallest absolute Gasteiger partial charge is 0.307 e. The molecule has 1 amide bonds. The molecule has 3 aromatic rings. The third kappa shape index (κ3) is 5.07. The summed E-state index contributed by atoms with van der Waals surface area (Å²) < 4.78 is 34.3. The van der Waals surface area contributed by atoms with Crippen molar-refractivity contribution >= 4 is 32.7 Å². The first kappa shape index (κ1) is 21.6. The minimum Gasteiger partial charge on any atom is -0.469 e. The summed E-state index contributed by atoms with van der Waals surface area (Å²) in [5.74, 6) is -1.50. The van der Waals surface area contributed by atoms with E-state index in [-0.39, 0.29) is 17.9 Å². The van der Waals surface area contributed by atoms with Crippen molar-refractivity contribution in [1.29, 1.82) is 0 Å². The van der Waals surface area contributed by atoms with E-state index in [0.717, 1.165) is 17.4 Å². The van der Waals surface area contributed by atoms with Crippen LogP contribution in [0.4, 0.5) is 0 Å². The Kier molecular flexibility index (Phi) is 6.26. The summed E-state index contributed by atoms with van der Waals surface area (Å²) in [5, 5.41) is 3.36. The van der Waals surface area contributed by atoms with Gasteiger partial charge in [-0.3, -0.25) is 9.59 Å². The van der Waals surface area contributed by atoms with Gasteiger partial charge in [0.05, 0.1) is 25.3 Å². The Hall–Kier alpha value is -3.13. The summed E-state index contributed by atoms with van der Waals surface area (Å²) in [6, 6.07) is 13.6. The number of rotatable bonds is 7. The molecule has 0 spiro atoms. The summed E-state index contributed by atoms with van der Waals surface area (Å²) in [4.78, 5) is 25.0. The Morgan fingerprint density at radius 3 is 2.40 bits per heavy atom. The maximum atomic E-state index is 13.1. The average Bonchev–Trinajstić information content (AvgIpc) is 3.05. The fraction of sp³-hybridized carbons (Fsp3) is 0.273. The molecule has 2 aromatic carbocycles. The lowest BCUT2D eigenvalue weighted by Crippen LogP contribution is -2.31. The number of para-hydroxylation sites is 1. The topological polar surface area (TPSA) is 103 Å². The number of carbonyl (C=O) groups is 2. The van der Waals surface area contributed by atoms with Crippen molar-refractivity contribution in [2.45, 2.75) is 25.1 Å². The predicted octanol–water partition coefficient (Wildman–Crippen LogP) is 3.32. The van der Waals surface area contributed by atoms with Gasteiger partial charge in [0, 0.05) is 17.2 Å². The molecule has 3 rings (SSSR count). The molecule has 0 aliphatic heterocycles. The van der Waals surface area contributed by atoms with E-state index in [4.69, 9.17) is 9.15 Å². The minimum absolute atomic E-state index is 0.0764. The first-order valence-electron chi connectivity index (χ1n) is 9.30. The van der Waals surface area contributed by atoms with Crippen LogP contribution in [0.2, 0.25) is 0 Å². The Bertz CT molecular complexity index is 1180. The number of esters is 1. The highest BCUT2D eigenvalue weighted by atomic mass is 32.2. The van der Waals surface area contributed by atoms with Gasteiger partial charge in [0.25, 0.3) is 5.91 Å². The van der Waals surface area contributed by atoms with E-state index in [2.05, 4.69) is 5.32 Å². The molecular weight excluding hydrogens is 406 g/mol. The van der Waals surface area contributed by atoms with E-state index in [1.54, 1.807) is 24.3 Å². The average molecular weight is 429 g/mol. The van der Waals surface area contributed by atoms with Crippen molar-refractivity contribution in [2.24, 2.45) is 0 Å². The van der Waals surface area contributed by atoms with Crippen molar-refractivity contribution in [3.05, 3.63) is 71.0 Å².